The molecule has 1 aromatic carbocycles. The number of rotatable bonds is 6. The highest BCUT2D eigenvalue weighted by Gasteiger charge is 2.03. The molecule has 0 radical (unpaired) electrons. The molecule has 1 rings (SSSR count). The van der Waals surface area contributed by atoms with Gasteiger partial charge in [-0.05, 0) is 25.1 Å². The molecule has 3 heteroatoms. The molecule has 0 bridgehead atoms. The Bertz CT molecular complexity index is 325. The molecule has 0 aromatic heterocycles. The molecule has 82 valence electrons. The first kappa shape index (κ1) is 11.9. The largest absolute Gasteiger partial charge is 0.494 e. The van der Waals surface area contributed by atoms with Gasteiger partial charge in [-0.2, -0.15) is 0 Å². The average Bonchev–Trinajstić information content (AvgIpc) is 2.28. The minimum absolute atomic E-state index is 0.457. The van der Waals surface area contributed by atoms with E-state index in [4.69, 9.17) is 16.3 Å². The van der Waals surface area contributed by atoms with Gasteiger partial charge in [-0.3, -0.25) is 0 Å². The van der Waals surface area contributed by atoms with Crippen molar-refractivity contribution in [1.29, 1.82) is 0 Å². The van der Waals surface area contributed by atoms with Crippen molar-refractivity contribution < 1.29 is 4.74 Å². The zero-order valence-electron chi connectivity index (χ0n) is 8.92. The molecule has 0 aliphatic carbocycles. The van der Waals surface area contributed by atoms with Crippen molar-refractivity contribution in [1.82, 2.24) is 0 Å². The highest BCUT2D eigenvalue weighted by Crippen LogP contribution is 2.24. The number of hydrogen-bond donors (Lipinski definition) is 1. The van der Waals surface area contributed by atoms with Gasteiger partial charge >= 0.3 is 0 Å². The molecule has 1 N–H and O–H groups in total. The molecule has 0 atom stereocenters. The van der Waals surface area contributed by atoms with E-state index in [-0.39, 0.29) is 0 Å². The molecule has 0 heterocycles. The summed E-state index contributed by atoms with van der Waals surface area (Å²) >= 11 is 5.85. The Morgan fingerprint density at radius 1 is 1.53 bits per heavy atom. The van der Waals surface area contributed by atoms with E-state index in [1.165, 1.54) is 0 Å². The number of anilines is 1. The lowest BCUT2D eigenvalue weighted by atomic mass is 10.2. The summed E-state index contributed by atoms with van der Waals surface area (Å²) in [5.74, 6) is 1.32. The van der Waals surface area contributed by atoms with Gasteiger partial charge in [0.25, 0.3) is 0 Å². The monoisotopic (exact) mass is 225 g/mol. The lowest BCUT2D eigenvalue weighted by Gasteiger charge is -2.10. The van der Waals surface area contributed by atoms with E-state index in [1.54, 1.807) is 0 Å². The van der Waals surface area contributed by atoms with Crippen molar-refractivity contribution in [3.05, 3.63) is 36.4 Å². The van der Waals surface area contributed by atoms with Crippen LogP contribution < -0.4 is 10.1 Å². The van der Waals surface area contributed by atoms with Crippen LogP contribution in [0.25, 0.3) is 0 Å². The van der Waals surface area contributed by atoms with E-state index in [1.807, 2.05) is 31.2 Å². The highest BCUT2D eigenvalue weighted by molar-refractivity contribution is 6.17. The molecule has 0 aliphatic rings. The minimum Gasteiger partial charge on any atom is -0.494 e. The van der Waals surface area contributed by atoms with Gasteiger partial charge in [0.2, 0.25) is 0 Å². The second-order valence-corrected chi connectivity index (χ2v) is 3.33. The Morgan fingerprint density at radius 3 is 2.93 bits per heavy atom. The quantitative estimate of drug-likeness (QED) is 0.592. The third-order valence-corrected chi connectivity index (χ3v) is 2.24. The van der Waals surface area contributed by atoms with Crippen LogP contribution in [0.1, 0.15) is 12.5 Å². The van der Waals surface area contributed by atoms with Crippen molar-refractivity contribution >= 4 is 17.3 Å². The third-order valence-electron chi connectivity index (χ3n) is 1.95. The number of hydrogen-bond acceptors (Lipinski definition) is 2. The average molecular weight is 226 g/mol. The molecule has 1 aromatic rings. The summed E-state index contributed by atoms with van der Waals surface area (Å²) < 4.78 is 5.45. The third kappa shape index (κ3) is 3.48. The second-order valence-electron chi connectivity index (χ2n) is 3.06. The Morgan fingerprint density at radius 2 is 2.33 bits per heavy atom. The van der Waals surface area contributed by atoms with Crippen LogP contribution in [0.5, 0.6) is 5.75 Å². The van der Waals surface area contributed by atoms with Crippen LogP contribution >= 0.6 is 11.6 Å². The van der Waals surface area contributed by atoms with E-state index in [0.717, 1.165) is 23.5 Å². The van der Waals surface area contributed by atoms with Crippen LogP contribution in [0.2, 0.25) is 0 Å². The van der Waals surface area contributed by atoms with Crippen LogP contribution in [0, 0.1) is 0 Å². The first-order valence-electron chi connectivity index (χ1n) is 4.98. The van der Waals surface area contributed by atoms with E-state index in [0.29, 0.717) is 12.5 Å². The van der Waals surface area contributed by atoms with Crippen molar-refractivity contribution in [2.75, 3.05) is 18.5 Å². The van der Waals surface area contributed by atoms with E-state index in [2.05, 4.69) is 11.9 Å². The fraction of sp³-hybridized carbons (Fsp3) is 0.333. The first-order chi connectivity index (χ1) is 7.31. The van der Waals surface area contributed by atoms with E-state index < -0.39 is 0 Å². The maximum Gasteiger partial charge on any atom is 0.123 e. The molecule has 0 aliphatic heterocycles. The zero-order chi connectivity index (χ0) is 11.1. The predicted octanol–water partition coefficient (Wildman–Crippen LogP) is 3.42. The summed E-state index contributed by atoms with van der Waals surface area (Å²) in [5, 5.41) is 3.21. The van der Waals surface area contributed by atoms with Crippen molar-refractivity contribution in [2.24, 2.45) is 0 Å². The number of halogens is 1. The number of ether oxygens (including phenoxy) is 1. The maximum atomic E-state index is 5.85. The SMILES string of the molecule is C=CCNc1ccc(OCC)c(CCl)c1. The topological polar surface area (TPSA) is 21.3 Å². The Kier molecular flexibility index (Phi) is 5.05. The van der Waals surface area contributed by atoms with Crippen molar-refractivity contribution in [3.63, 3.8) is 0 Å². The van der Waals surface area contributed by atoms with E-state index in [9.17, 15) is 0 Å². The van der Waals surface area contributed by atoms with E-state index >= 15 is 0 Å². The molecular weight excluding hydrogens is 210 g/mol. The van der Waals surface area contributed by atoms with Gasteiger partial charge in [0.15, 0.2) is 0 Å². The van der Waals surface area contributed by atoms with Crippen LogP contribution in [0.3, 0.4) is 0 Å². The lowest BCUT2D eigenvalue weighted by Crippen LogP contribution is -2.00. The fourth-order valence-electron chi connectivity index (χ4n) is 1.28. The molecular formula is C12H16ClNO. The molecule has 0 saturated heterocycles. The molecule has 0 saturated carbocycles. The lowest BCUT2D eigenvalue weighted by molar-refractivity contribution is 0.337. The van der Waals surface area contributed by atoms with Gasteiger partial charge < -0.3 is 10.1 Å². The van der Waals surface area contributed by atoms with Crippen LogP contribution in [0.4, 0.5) is 5.69 Å². The normalized spacial score (nSPS) is 9.73. The predicted molar refractivity (Wildman–Crippen MR) is 65.9 cm³/mol. The van der Waals surface area contributed by atoms with Crippen LogP contribution in [-0.2, 0) is 5.88 Å². The first-order valence-corrected chi connectivity index (χ1v) is 5.51. The summed E-state index contributed by atoms with van der Waals surface area (Å²) in [4.78, 5) is 0. The molecule has 2 nitrogen and oxygen atoms in total. The van der Waals surface area contributed by atoms with Gasteiger partial charge in [0, 0.05) is 17.8 Å². The minimum atomic E-state index is 0.457. The Hall–Kier alpha value is -1.15. The summed E-state index contributed by atoms with van der Waals surface area (Å²) in [5.41, 5.74) is 2.04. The summed E-state index contributed by atoms with van der Waals surface area (Å²) in [7, 11) is 0. The van der Waals surface area contributed by atoms with Crippen molar-refractivity contribution in [3.8, 4) is 5.75 Å². The van der Waals surface area contributed by atoms with Crippen molar-refractivity contribution in [2.45, 2.75) is 12.8 Å². The Labute approximate surface area is 95.9 Å². The summed E-state index contributed by atoms with van der Waals surface area (Å²) in [6, 6.07) is 5.92. The zero-order valence-corrected chi connectivity index (χ0v) is 9.68. The fourth-order valence-corrected chi connectivity index (χ4v) is 1.49. The van der Waals surface area contributed by atoms with Gasteiger partial charge in [-0.15, -0.1) is 18.2 Å². The molecule has 0 fully saturated rings. The molecule has 0 spiro atoms. The summed E-state index contributed by atoms with van der Waals surface area (Å²) in [6.07, 6.45) is 1.82. The number of nitrogens with one attached hydrogen (secondary N) is 1. The molecule has 15 heavy (non-hydrogen) atoms. The molecule has 0 unspecified atom stereocenters. The highest BCUT2D eigenvalue weighted by atomic mass is 35.5. The standard InChI is InChI=1S/C12H16ClNO/c1-3-7-14-11-5-6-12(15-4-2)10(8-11)9-13/h3,5-6,8,14H,1,4,7,9H2,2H3. The molecule has 0 amide bonds. The number of alkyl halides is 1. The van der Waals surface area contributed by atoms with Gasteiger partial charge in [-0.1, -0.05) is 6.08 Å². The van der Waals surface area contributed by atoms with Gasteiger partial charge in [0.05, 0.1) is 12.5 Å². The van der Waals surface area contributed by atoms with Crippen LogP contribution in [0.15, 0.2) is 30.9 Å². The van der Waals surface area contributed by atoms with Gasteiger partial charge in [-0.25, -0.2) is 0 Å². The van der Waals surface area contributed by atoms with Gasteiger partial charge in [0.1, 0.15) is 5.75 Å². The summed E-state index contributed by atoms with van der Waals surface area (Å²) in [6.45, 7) is 7.01. The number of benzene rings is 1. The Balaban J connectivity index is 2.81. The van der Waals surface area contributed by atoms with Crippen LogP contribution in [-0.4, -0.2) is 13.2 Å². The smallest absolute Gasteiger partial charge is 0.123 e. The maximum absolute atomic E-state index is 5.85. The second kappa shape index (κ2) is 6.36.